The molecule has 1 aromatic carbocycles. The average Bonchev–Trinajstić information content (AvgIpc) is 2.26. The van der Waals surface area contributed by atoms with E-state index in [1.165, 1.54) is 0 Å². The highest BCUT2D eigenvalue weighted by molar-refractivity contribution is 5.76. The molecule has 0 heterocycles. The molecule has 0 aliphatic rings. The summed E-state index contributed by atoms with van der Waals surface area (Å²) in [7, 11) is 1.63. The predicted molar refractivity (Wildman–Crippen MR) is 61.2 cm³/mol. The van der Waals surface area contributed by atoms with Gasteiger partial charge in [0.2, 0.25) is 0 Å². The van der Waals surface area contributed by atoms with E-state index in [0.29, 0.717) is 6.42 Å². The third-order valence-corrected chi connectivity index (χ3v) is 2.34. The Morgan fingerprint density at radius 1 is 1.47 bits per heavy atom. The first-order valence-corrected chi connectivity index (χ1v) is 4.93. The quantitative estimate of drug-likeness (QED) is 0.689. The van der Waals surface area contributed by atoms with Gasteiger partial charge in [-0.3, -0.25) is 4.79 Å². The van der Waals surface area contributed by atoms with E-state index >= 15 is 0 Å². The Labute approximate surface area is 90.6 Å². The molecule has 0 aromatic heterocycles. The number of rotatable bonds is 5. The number of hydrogen-bond donors (Lipinski definition) is 0. The molecular formula is C13H16O2. The molecule has 15 heavy (non-hydrogen) atoms. The van der Waals surface area contributed by atoms with Gasteiger partial charge in [0.25, 0.3) is 0 Å². The molecule has 1 rings (SSSR count). The van der Waals surface area contributed by atoms with E-state index in [2.05, 4.69) is 6.58 Å². The van der Waals surface area contributed by atoms with Crippen molar-refractivity contribution in [2.75, 3.05) is 7.11 Å². The van der Waals surface area contributed by atoms with E-state index in [1.54, 1.807) is 14.0 Å². The van der Waals surface area contributed by atoms with Crippen molar-refractivity contribution < 1.29 is 9.53 Å². The summed E-state index contributed by atoms with van der Waals surface area (Å²) in [6.45, 7) is 5.35. The van der Waals surface area contributed by atoms with Crippen molar-refractivity contribution in [1.29, 1.82) is 0 Å². The maximum absolute atomic E-state index is 11.0. The van der Waals surface area contributed by atoms with Crippen LogP contribution in [0, 0.1) is 0 Å². The van der Waals surface area contributed by atoms with Crippen LogP contribution in [0.25, 0.3) is 0 Å². The van der Waals surface area contributed by atoms with Crippen molar-refractivity contribution in [3.63, 3.8) is 0 Å². The van der Waals surface area contributed by atoms with Gasteiger partial charge in [0.05, 0.1) is 7.11 Å². The highest BCUT2D eigenvalue weighted by atomic mass is 16.5. The average molecular weight is 204 g/mol. The Hall–Kier alpha value is -1.57. The molecule has 0 radical (unpaired) electrons. The Bertz CT molecular complexity index is 338. The minimum atomic E-state index is 0.105. The summed E-state index contributed by atoms with van der Waals surface area (Å²) in [4.78, 5) is 11.0. The Kier molecular flexibility index (Phi) is 4.10. The first-order chi connectivity index (χ1) is 7.17. The molecule has 0 saturated carbocycles. The van der Waals surface area contributed by atoms with Gasteiger partial charge in [-0.2, -0.15) is 0 Å². The molecule has 0 aliphatic heterocycles. The molecule has 2 nitrogen and oxygen atoms in total. The lowest BCUT2D eigenvalue weighted by Crippen LogP contribution is -2.01. The topological polar surface area (TPSA) is 26.3 Å². The number of hydrogen-bond acceptors (Lipinski definition) is 2. The lowest BCUT2D eigenvalue weighted by molar-refractivity contribution is -0.117. The largest absolute Gasteiger partial charge is 0.497 e. The lowest BCUT2D eigenvalue weighted by Gasteiger charge is -2.11. The van der Waals surface area contributed by atoms with E-state index in [0.717, 1.165) is 11.3 Å². The number of Topliss-reactive ketones (excluding diaryl/α,β-unsaturated/α-hetero) is 1. The molecule has 80 valence electrons. The van der Waals surface area contributed by atoms with Crippen LogP contribution in [0.15, 0.2) is 36.9 Å². The van der Waals surface area contributed by atoms with Gasteiger partial charge in [-0.25, -0.2) is 0 Å². The van der Waals surface area contributed by atoms with Crippen molar-refractivity contribution in [2.24, 2.45) is 0 Å². The third kappa shape index (κ3) is 3.24. The van der Waals surface area contributed by atoms with Crippen molar-refractivity contribution in [3.8, 4) is 5.75 Å². The molecule has 2 heteroatoms. The molecule has 0 aliphatic carbocycles. The molecular weight excluding hydrogens is 188 g/mol. The maximum Gasteiger partial charge on any atom is 0.130 e. The van der Waals surface area contributed by atoms with Crippen LogP contribution in [0.4, 0.5) is 0 Å². The number of ether oxygens (including phenoxy) is 1. The molecule has 1 atom stereocenters. The highest BCUT2D eigenvalue weighted by Gasteiger charge is 2.09. The molecule has 0 fully saturated rings. The van der Waals surface area contributed by atoms with Gasteiger partial charge >= 0.3 is 0 Å². The summed E-state index contributed by atoms with van der Waals surface area (Å²) >= 11 is 0. The lowest BCUT2D eigenvalue weighted by atomic mass is 9.94. The molecule has 0 saturated heterocycles. The van der Waals surface area contributed by atoms with Crippen LogP contribution in [0.3, 0.4) is 0 Å². The highest BCUT2D eigenvalue weighted by Crippen LogP contribution is 2.23. The molecule has 0 spiro atoms. The minimum absolute atomic E-state index is 0.105. The van der Waals surface area contributed by atoms with Crippen LogP contribution in [-0.2, 0) is 4.79 Å². The Balaban J connectivity index is 2.82. The third-order valence-electron chi connectivity index (χ3n) is 2.34. The van der Waals surface area contributed by atoms with E-state index in [9.17, 15) is 4.79 Å². The van der Waals surface area contributed by atoms with Crippen molar-refractivity contribution in [1.82, 2.24) is 0 Å². The zero-order valence-electron chi connectivity index (χ0n) is 9.19. The number of ketones is 1. The van der Waals surface area contributed by atoms with Gasteiger partial charge in [-0.05, 0) is 24.6 Å². The van der Waals surface area contributed by atoms with Crippen LogP contribution in [0.5, 0.6) is 5.75 Å². The molecule has 0 N–H and O–H groups in total. The summed E-state index contributed by atoms with van der Waals surface area (Å²) in [5.74, 6) is 1.11. The summed E-state index contributed by atoms with van der Waals surface area (Å²) in [5, 5.41) is 0. The van der Waals surface area contributed by atoms with Gasteiger partial charge < -0.3 is 4.74 Å². The fourth-order valence-electron chi connectivity index (χ4n) is 1.50. The molecule has 1 aromatic rings. The standard InChI is InChI=1S/C13H16O2/c1-4-11(9-10(2)14)12-5-7-13(15-3)8-6-12/h4-8,11H,1,9H2,2-3H3/t11-/m1/s1. The van der Waals surface area contributed by atoms with E-state index < -0.39 is 0 Å². The van der Waals surface area contributed by atoms with Gasteiger partial charge in [0, 0.05) is 12.3 Å². The van der Waals surface area contributed by atoms with E-state index in [-0.39, 0.29) is 11.7 Å². The van der Waals surface area contributed by atoms with Crippen molar-refractivity contribution in [3.05, 3.63) is 42.5 Å². The maximum atomic E-state index is 11.0. The molecule has 0 unspecified atom stereocenters. The number of benzene rings is 1. The summed E-state index contributed by atoms with van der Waals surface area (Å²) in [6.07, 6.45) is 2.32. The van der Waals surface area contributed by atoms with Gasteiger partial charge in [0.15, 0.2) is 0 Å². The predicted octanol–water partition coefficient (Wildman–Crippen LogP) is 2.94. The van der Waals surface area contributed by atoms with Gasteiger partial charge in [-0.15, -0.1) is 6.58 Å². The van der Waals surface area contributed by atoms with Crippen LogP contribution in [-0.4, -0.2) is 12.9 Å². The minimum Gasteiger partial charge on any atom is -0.497 e. The van der Waals surface area contributed by atoms with Crippen molar-refractivity contribution >= 4 is 5.78 Å². The first kappa shape index (κ1) is 11.5. The van der Waals surface area contributed by atoms with Crippen LogP contribution < -0.4 is 4.74 Å². The number of allylic oxidation sites excluding steroid dienone is 1. The Morgan fingerprint density at radius 3 is 2.47 bits per heavy atom. The SMILES string of the molecule is C=C[C@H](CC(C)=O)c1ccc(OC)cc1. The first-order valence-electron chi connectivity index (χ1n) is 4.93. The summed E-state index contributed by atoms with van der Waals surface area (Å²) in [5.41, 5.74) is 1.10. The number of carbonyl (C=O) groups is 1. The second kappa shape index (κ2) is 5.35. The smallest absolute Gasteiger partial charge is 0.130 e. The van der Waals surface area contributed by atoms with Gasteiger partial charge in [-0.1, -0.05) is 18.2 Å². The second-order valence-electron chi connectivity index (χ2n) is 3.52. The van der Waals surface area contributed by atoms with Crippen LogP contribution in [0.1, 0.15) is 24.8 Å². The van der Waals surface area contributed by atoms with E-state index in [1.807, 2.05) is 30.3 Å². The van der Waals surface area contributed by atoms with Crippen LogP contribution >= 0.6 is 0 Å². The number of carbonyl (C=O) groups excluding carboxylic acids is 1. The monoisotopic (exact) mass is 204 g/mol. The van der Waals surface area contributed by atoms with E-state index in [4.69, 9.17) is 4.74 Å². The molecule has 0 amide bonds. The summed E-state index contributed by atoms with van der Waals surface area (Å²) < 4.78 is 5.07. The van der Waals surface area contributed by atoms with Crippen molar-refractivity contribution in [2.45, 2.75) is 19.3 Å². The zero-order chi connectivity index (χ0) is 11.3. The summed E-state index contributed by atoms with van der Waals surface area (Å²) in [6, 6.07) is 7.72. The van der Waals surface area contributed by atoms with Crippen LogP contribution in [0.2, 0.25) is 0 Å². The Morgan fingerprint density at radius 2 is 2.07 bits per heavy atom. The molecule has 0 bridgehead atoms. The van der Waals surface area contributed by atoms with Gasteiger partial charge in [0.1, 0.15) is 11.5 Å². The normalized spacial score (nSPS) is 11.9. The zero-order valence-corrected chi connectivity index (χ0v) is 9.19. The number of methoxy groups -OCH3 is 1. The fraction of sp³-hybridized carbons (Fsp3) is 0.308. The fourth-order valence-corrected chi connectivity index (χ4v) is 1.50. The second-order valence-corrected chi connectivity index (χ2v) is 3.52.